The van der Waals surface area contributed by atoms with Crippen molar-refractivity contribution in [1.29, 1.82) is 0 Å². The minimum atomic E-state index is -3.35. The Bertz CT molecular complexity index is 1530. The number of nitrogens with one attached hydrogen (secondary N) is 1. The summed E-state index contributed by atoms with van der Waals surface area (Å²) >= 11 is 12.4. The van der Waals surface area contributed by atoms with E-state index in [-0.39, 0.29) is 28.6 Å². The lowest BCUT2D eigenvalue weighted by molar-refractivity contribution is 0.102. The lowest BCUT2D eigenvalue weighted by Crippen LogP contribution is -2.18. The topological polar surface area (TPSA) is 107 Å². The third-order valence-corrected chi connectivity index (χ3v) is 7.30. The van der Waals surface area contributed by atoms with Crippen LogP contribution in [0.25, 0.3) is 16.9 Å². The van der Waals surface area contributed by atoms with Crippen LogP contribution in [-0.4, -0.2) is 29.3 Å². The molecule has 1 N–H and O–H groups in total. The zero-order valence-electron chi connectivity index (χ0n) is 17.2. The number of rotatable bonds is 4. The molecule has 5 rings (SSSR count). The van der Waals surface area contributed by atoms with Crippen molar-refractivity contribution in [2.75, 3.05) is 5.32 Å². The molecule has 0 saturated heterocycles. The third kappa shape index (κ3) is 3.92. The molecule has 1 amide bonds. The van der Waals surface area contributed by atoms with Crippen LogP contribution < -0.4 is 5.32 Å². The van der Waals surface area contributed by atoms with Gasteiger partial charge in [0.2, 0.25) is 0 Å². The fourth-order valence-corrected chi connectivity index (χ4v) is 5.72. The van der Waals surface area contributed by atoms with Crippen molar-refractivity contribution in [3.8, 4) is 16.9 Å². The highest BCUT2D eigenvalue weighted by Gasteiger charge is 2.34. The molecule has 0 saturated carbocycles. The van der Waals surface area contributed by atoms with Crippen LogP contribution in [0, 0.1) is 6.92 Å². The molecule has 1 aliphatic rings. The van der Waals surface area contributed by atoms with E-state index in [1.807, 2.05) is 0 Å². The highest BCUT2D eigenvalue weighted by atomic mass is 35.5. The summed E-state index contributed by atoms with van der Waals surface area (Å²) in [7, 11) is -3.35. The fraction of sp³-hybridized carbons (Fsp3) is 0.136. The molecule has 0 spiro atoms. The molecule has 0 aliphatic carbocycles. The smallest absolute Gasteiger partial charge is 0.262 e. The quantitative estimate of drug-likeness (QED) is 0.428. The van der Waals surface area contributed by atoms with Crippen LogP contribution in [0.3, 0.4) is 0 Å². The van der Waals surface area contributed by atoms with Gasteiger partial charge in [-0.1, -0.05) is 52.6 Å². The van der Waals surface area contributed by atoms with Crippen molar-refractivity contribution in [1.82, 2.24) is 14.9 Å². The van der Waals surface area contributed by atoms with E-state index in [2.05, 4.69) is 15.6 Å². The van der Waals surface area contributed by atoms with Crippen molar-refractivity contribution in [3.05, 3.63) is 81.2 Å². The summed E-state index contributed by atoms with van der Waals surface area (Å²) in [5.41, 5.74) is 2.43. The van der Waals surface area contributed by atoms with Crippen molar-refractivity contribution in [2.45, 2.75) is 18.4 Å². The molecule has 8 nitrogen and oxygen atoms in total. The number of fused-ring (bicyclic) bond motifs is 1. The van der Waals surface area contributed by atoms with E-state index in [1.165, 1.54) is 4.68 Å². The maximum Gasteiger partial charge on any atom is 0.262 e. The van der Waals surface area contributed by atoms with Gasteiger partial charge in [-0.15, -0.1) is 0 Å². The fourth-order valence-electron chi connectivity index (χ4n) is 3.81. The molecule has 1 aliphatic heterocycles. The molecule has 0 atom stereocenters. The SMILES string of the molecule is Cc1onc(-c2ccccc2Cl)c1C(=O)Nc1c2c(nn1-c1cccc(Cl)c1)CS(=O)(=O)C2. The summed E-state index contributed by atoms with van der Waals surface area (Å²) in [5.74, 6) is -0.405. The van der Waals surface area contributed by atoms with Gasteiger partial charge < -0.3 is 9.84 Å². The molecule has 2 aromatic heterocycles. The summed E-state index contributed by atoms with van der Waals surface area (Å²) in [4.78, 5) is 13.4. The second-order valence-corrected chi connectivity index (χ2v) is 10.5. The zero-order valence-corrected chi connectivity index (χ0v) is 19.5. The minimum Gasteiger partial charge on any atom is -0.360 e. The molecule has 0 bridgehead atoms. The Morgan fingerprint density at radius 3 is 2.67 bits per heavy atom. The number of aryl methyl sites for hydroxylation is 1. The third-order valence-electron chi connectivity index (χ3n) is 5.29. The van der Waals surface area contributed by atoms with Crippen LogP contribution in [0.2, 0.25) is 10.0 Å². The molecular weight excluding hydrogens is 487 g/mol. The Morgan fingerprint density at radius 2 is 1.91 bits per heavy atom. The number of sulfone groups is 1. The van der Waals surface area contributed by atoms with Gasteiger partial charge in [-0.3, -0.25) is 4.79 Å². The van der Waals surface area contributed by atoms with E-state index >= 15 is 0 Å². The van der Waals surface area contributed by atoms with Crippen molar-refractivity contribution < 1.29 is 17.7 Å². The second kappa shape index (κ2) is 8.02. The normalized spacial score (nSPS) is 14.3. The number of carbonyl (C=O) groups excluding carboxylic acids is 1. The van der Waals surface area contributed by atoms with Gasteiger partial charge >= 0.3 is 0 Å². The molecule has 11 heteroatoms. The largest absolute Gasteiger partial charge is 0.360 e. The lowest BCUT2D eigenvalue weighted by Gasteiger charge is -2.12. The van der Waals surface area contributed by atoms with Gasteiger partial charge in [-0.25, -0.2) is 13.1 Å². The van der Waals surface area contributed by atoms with Gasteiger partial charge in [0.1, 0.15) is 22.8 Å². The first-order chi connectivity index (χ1) is 15.7. The average Bonchev–Trinajstić information content (AvgIpc) is 3.38. The van der Waals surface area contributed by atoms with Crippen LogP contribution >= 0.6 is 23.2 Å². The number of nitrogens with zero attached hydrogens (tertiary/aromatic N) is 3. The Hall–Kier alpha value is -3.14. The molecule has 168 valence electrons. The standard InChI is InChI=1S/C22H16Cl2N4O4S/c1-12-19(20(27-32-12)15-7-2-3-8-17(15)24)22(29)25-21-16-10-33(30,31)11-18(16)26-28(21)14-6-4-5-13(23)9-14/h2-9H,10-11H2,1H3,(H,25,29). The number of halogens is 2. The highest BCUT2D eigenvalue weighted by Crippen LogP contribution is 2.35. The van der Waals surface area contributed by atoms with E-state index in [1.54, 1.807) is 55.5 Å². The van der Waals surface area contributed by atoms with Gasteiger partial charge in [0.05, 0.1) is 27.9 Å². The molecule has 0 fully saturated rings. The number of anilines is 1. The van der Waals surface area contributed by atoms with Crippen LogP contribution in [0.4, 0.5) is 5.82 Å². The Kier molecular flexibility index (Phi) is 5.27. The number of hydrogen-bond acceptors (Lipinski definition) is 6. The van der Waals surface area contributed by atoms with Crippen LogP contribution in [0.5, 0.6) is 0 Å². The first kappa shape index (κ1) is 21.7. The number of hydrogen-bond donors (Lipinski definition) is 1. The summed E-state index contributed by atoms with van der Waals surface area (Å²) in [5, 5.41) is 12.2. The average molecular weight is 503 g/mol. The Balaban J connectivity index is 1.61. The highest BCUT2D eigenvalue weighted by molar-refractivity contribution is 7.90. The molecule has 0 radical (unpaired) electrons. The van der Waals surface area contributed by atoms with Crippen molar-refractivity contribution in [2.24, 2.45) is 0 Å². The molecular formula is C22H16Cl2N4O4S. The summed E-state index contributed by atoms with van der Waals surface area (Å²) < 4.78 is 31.2. The molecule has 33 heavy (non-hydrogen) atoms. The number of aromatic nitrogens is 3. The molecule has 0 unspecified atom stereocenters. The van der Waals surface area contributed by atoms with Gasteiger partial charge in [0.25, 0.3) is 5.91 Å². The Labute approximate surface area is 199 Å². The maximum absolute atomic E-state index is 13.4. The summed E-state index contributed by atoms with van der Waals surface area (Å²) in [6.45, 7) is 1.62. The monoisotopic (exact) mass is 502 g/mol. The van der Waals surface area contributed by atoms with E-state index in [9.17, 15) is 13.2 Å². The van der Waals surface area contributed by atoms with Gasteiger partial charge in [-0.2, -0.15) is 5.10 Å². The number of carbonyl (C=O) groups is 1. The van der Waals surface area contributed by atoms with Crippen LogP contribution in [0.1, 0.15) is 27.4 Å². The van der Waals surface area contributed by atoms with E-state index in [4.69, 9.17) is 27.7 Å². The minimum absolute atomic E-state index is 0.191. The van der Waals surface area contributed by atoms with Crippen LogP contribution in [-0.2, 0) is 21.3 Å². The summed E-state index contributed by atoms with van der Waals surface area (Å²) in [6.07, 6.45) is 0. The van der Waals surface area contributed by atoms with E-state index in [0.29, 0.717) is 38.3 Å². The first-order valence-electron chi connectivity index (χ1n) is 9.83. The molecule has 2 aromatic carbocycles. The lowest BCUT2D eigenvalue weighted by atomic mass is 10.1. The van der Waals surface area contributed by atoms with Crippen LogP contribution in [0.15, 0.2) is 53.1 Å². The van der Waals surface area contributed by atoms with E-state index < -0.39 is 15.7 Å². The predicted octanol–water partition coefficient (Wildman–Crippen LogP) is 4.82. The molecule has 4 aromatic rings. The maximum atomic E-state index is 13.4. The first-order valence-corrected chi connectivity index (χ1v) is 12.4. The van der Waals surface area contributed by atoms with Crippen molar-refractivity contribution in [3.63, 3.8) is 0 Å². The zero-order chi connectivity index (χ0) is 23.3. The van der Waals surface area contributed by atoms with Crippen molar-refractivity contribution >= 4 is 44.8 Å². The van der Waals surface area contributed by atoms with Gasteiger partial charge in [-0.05, 0) is 31.2 Å². The van der Waals surface area contributed by atoms with Gasteiger partial charge in [0, 0.05) is 16.1 Å². The second-order valence-electron chi connectivity index (χ2n) is 7.59. The predicted molar refractivity (Wildman–Crippen MR) is 125 cm³/mol. The summed E-state index contributed by atoms with van der Waals surface area (Å²) in [6, 6.07) is 13.9. The van der Waals surface area contributed by atoms with E-state index in [0.717, 1.165) is 0 Å². The Morgan fingerprint density at radius 1 is 1.12 bits per heavy atom. The van der Waals surface area contributed by atoms with Gasteiger partial charge in [0.15, 0.2) is 9.84 Å². The number of amides is 1. The number of benzene rings is 2. The molecule has 3 heterocycles.